The van der Waals surface area contributed by atoms with Gasteiger partial charge in [0.2, 0.25) is 5.91 Å². The van der Waals surface area contributed by atoms with Gasteiger partial charge in [-0.25, -0.2) is 4.98 Å². The molecule has 1 saturated heterocycles. The summed E-state index contributed by atoms with van der Waals surface area (Å²) in [6, 6.07) is 13.9. The van der Waals surface area contributed by atoms with Crippen molar-refractivity contribution < 1.29 is 9.59 Å². The third-order valence-corrected chi connectivity index (χ3v) is 6.36. The molecule has 0 spiro atoms. The standard InChI is InChI=1S/C24H27N5O2S/c30-22(26-12-7-19-5-2-1-3-6-19)17-28-13-4-14-29(16-15-28)24(31)21-18-32-23(27-21)20-8-10-25-11-9-20/h1-3,5-6,8-11,18H,4,7,12-17H2,(H,26,30). The number of nitrogens with zero attached hydrogens (tertiary/aromatic N) is 4. The molecule has 32 heavy (non-hydrogen) atoms. The summed E-state index contributed by atoms with van der Waals surface area (Å²) in [7, 11) is 0. The van der Waals surface area contributed by atoms with Gasteiger partial charge in [0.1, 0.15) is 10.7 Å². The first-order valence-corrected chi connectivity index (χ1v) is 11.8. The van der Waals surface area contributed by atoms with Crippen molar-refractivity contribution >= 4 is 23.2 Å². The molecule has 4 rings (SSSR count). The summed E-state index contributed by atoms with van der Waals surface area (Å²) in [5, 5.41) is 5.64. The number of aromatic nitrogens is 2. The summed E-state index contributed by atoms with van der Waals surface area (Å²) in [4.78, 5) is 37.8. The zero-order chi connectivity index (χ0) is 22.2. The monoisotopic (exact) mass is 449 g/mol. The summed E-state index contributed by atoms with van der Waals surface area (Å²) in [5.41, 5.74) is 2.66. The predicted octanol–water partition coefficient (Wildman–Crippen LogP) is 2.71. The van der Waals surface area contributed by atoms with E-state index in [1.54, 1.807) is 12.4 Å². The maximum Gasteiger partial charge on any atom is 0.273 e. The largest absolute Gasteiger partial charge is 0.355 e. The Morgan fingerprint density at radius 2 is 1.81 bits per heavy atom. The molecule has 1 aliphatic heterocycles. The quantitative estimate of drug-likeness (QED) is 0.600. The molecule has 3 aromatic rings. The van der Waals surface area contributed by atoms with E-state index in [4.69, 9.17) is 0 Å². The van der Waals surface area contributed by atoms with E-state index < -0.39 is 0 Å². The van der Waals surface area contributed by atoms with Crippen LogP contribution in [-0.4, -0.2) is 70.9 Å². The zero-order valence-corrected chi connectivity index (χ0v) is 18.8. The Labute approximate surface area is 192 Å². The van der Waals surface area contributed by atoms with Crippen molar-refractivity contribution in [3.8, 4) is 10.6 Å². The first-order chi connectivity index (χ1) is 15.7. The second-order valence-corrected chi connectivity index (χ2v) is 8.64. The fraction of sp³-hybridized carbons (Fsp3) is 0.333. The van der Waals surface area contributed by atoms with E-state index in [1.807, 2.05) is 40.6 Å². The minimum Gasteiger partial charge on any atom is -0.355 e. The van der Waals surface area contributed by atoms with Gasteiger partial charge in [-0.2, -0.15) is 0 Å². The van der Waals surface area contributed by atoms with Crippen molar-refractivity contribution in [3.05, 3.63) is 71.5 Å². The summed E-state index contributed by atoms with van der Waals surface area (Å²) in [6.07, 6.45) is 5.10. The number of pyridine rings is 1. The minimum absolute atomic E-state index is 0.0298. The molecule has 0 atom stereocenters. The fourth-order valence-electron chi connectivity index (χ4n) is 3.74. The Morgan fingerprint density at radius 1 is 1.00 bits per heavy atom. The van der Waals surface area contributed by atoms with Gasteiger partial charge in [0.05, 0.1) is 6.54 Å². The van der Waals surface area contributed by atoms with Crippen molar-refractivity contribution in [2.24, 2.45) is 0 Å². The molecular weight excluding hydrogens is 422 g/mol. The molecule has 0 aliphatic carbocycles. The summed E-state index contributed by atoms with van der Waals surface area (Å²) in [6.45, 7) is 3.74. The van der Waals surface area contributed by atoms with Gasteiger partial charge in [-0.05, 0) is 30.5 Å². The third-order valence-electron chi connectivity index (χ3n) is 5.47. The van der Waals surface area contributed by atoms with E-state index in [2.05, 4.69) is 32.3 Å². The molecule has 0 unspecified atom stereocenters. The Bertz CT molecular complexity index is 1030. The Morgan fingerprint density at radius 3 is 2.62 bits per heavy atom. The molecule has 0 radical (unpaired) electrons. The Balaban J connectivity index is 1.24. The molecule has 0 saturated carbocycles. The van der Waals surface area contributed by atoms with Crippen LogP contribution in [0.4, 0.5) is 0 Å². The molecular formula is C24H27N5O2S. The lowest BCUT2D eigenvalue weighted by molar-refractivity contribution is -0.122. The van der Waals surface area contributed by atoms with E-state index >= 15 is 0 Å². The number of rotatable bonds is 7. The van der Waals surface area contributed by atoms with Crippen LogP contribution in [0.3, 0.4) is 0 Å². The van der Waals surface area contributed by atoms with E-state index in [9.17, 15) is 9.59 Å². The van der Waals surface area contributed by atoms with Gasteiger partial charge in [0.15, 0.2) is 0 Å². The lowest BCUT2D eigenvalue weighted by Gasteiger charge is -2.21. The van der Waals surface area contributed by atoms with Crippen molar-refractivity contribution in [2.45, 2.75) is 12.8 Å². The van der Waals surface area contributed by atoms with Crippen molar-refractivity contribution in [3.63, 3.8) is 0 Å². The number of thiazole rings is 1. The highest BCUT2D eigenvalue weighted by Gasteiger charge is 2.23. The summed E-state index contributed by atoms with van der Waals surface area (Å²) in [5.74, 6) is -0.0158. The highest BCUT2D eigenvalue weighted by atomic mass is 32.1. The summed E-state index contributed by atoms with van der Waals surface area (Å²) >= 11 is 1.47. The van der Waals surface area contributed by atoms with Crippen LogP contribution >= 0.6 is 11.3 Å². The Kier molecular flexibility index (Phi) is 7.58. The van der Waals surface area contributed by atoms with Gasteiger partial charge in [-0.3, -0.25) is 19.5 Å². The molecule has 1 N–H and O–H groups in total. The number of carbonyl (C=O) groups is 2. The van der Waals surface area contributed by atoms with Crippen LogP contribution in [-0.2, 0) is 11.2 Å². The molecule has 2 amide bonds. The number of carbonyl (C=O) groups excluding carboxylic acids is 2. The number of nitrogens with one attached hydrogen (secondary N) is 1. The average molecular weight is 450 g/mol. The normalized spacial score (nSPS) is 14.7. The molecule has 1 aromatic carbocycles. The second kappa shape index (κ2) is 11.0. The van der Waals surface area contributed by atoms with Crippen LogP contribution in [0.2, 0.25) is 0 Å². The Hall–Kier alpha value is -3.10. The van der Waals surface area contributed by atoms with Crippen LogP contribution in [0, 0.1) is 0 Å². The molecule has 166 valence electrons. The maximum atomic E-state index is 13.0. The third kappa shape index (κ3) is 5.99. The van der Waals surface area contributed by atoms with Crippen molar-refractivity contribution in [1.29, 1.82) is 0 Å². The van der Waals surface area contributed by atoms with Gasteiger partial charge in [0, 0.05) is 56.1 Å². The zero-order valence-electron chi connectivity index (χ0n) is 17.9. The lowest BCUT2D eigenvalue weighted by Crippen LogP contribution is -2.40. The highest BCUT2D eigenvalue weighted by molar-refractivity contribution is 7.13. The van der Waals surface area contributed by atoms with E-state index in [0.29, 0.717) is 38.4 Å². The van der Waals surface area contributed by atoms with Gasteiger partial charge in [0.25, 0.3) is 5.91 Å². The molecule has 0 bridgehead atoms. The van der Waals surface area contributed by atoms with Crippen LogP contribution in [0.15, 0.2) is 60.2 Å². The molecule has 8 heteroatoms. The van der Waals surface area contributed by atoms with E-state index in [1.165, 1.54) is 16.9 Å². The number of hydrogen-bond donors (Lipinski definition) is 1. The first-order valence-electron chi connectivity index (χ1n) is 10.9. The minimum atomic E-state index is -0.0456. The van der Waals surface area contributed by atoms with Gasteiger partial charge in [-0.1, -0.05) is 30.3 Å². The van der Waals surface area contributed by atoms with Crippen molar-refractivity contribution in [1.82, 2.24) is 25.1 Å². The van der Waals surface area contributed by atoms with Crippen molar-refractivity contribution in [2.75, 3.05) is 39.3 Å². The summed E-state index contributed by atoms with van der Waals surface area (Å²) < 4.78 is 0. The predicted molar refractivity (Wildman–Crippen MR) is 125 cm³/mol. The topological polar surface area (TPSA) is 78.4 Å². The van der Waals surface area contributed by atoms with Crippen LogP contribution in [0.25, 0.3) is 10.6 Å². The lowest BCUT2D eigenvalue weighted by atomic mass is 10.1. The average Bonchev–Trinajstić information content (AvgIpc) is 3.21. The molecule has 7 nitrogen and oxygen atoms in total. The van der Waals surface area contributed by atoms with Gasteiger partial charge < -0.3 is 10.2 Å². The van der Waals surface area contributed by atoms with E-state index in [0.717, 1.165) is 30.0 Å². The first kappa shape index (κ1) is 22.1. The van der Waals surface area contributed by atoms with Gasteiger partial charge in [-0.15, -0.1) is 11.3 Å². The maximum absolute atomic E-state index is 13.0. The van der Waals surface area contributed by atoms with E-state index in [-0.39, 0.29) is 11.8 Å². The number of amides is 2. The van der Waals surface area contributed by atoms with Crippen LogP contribution in [0.5, 0.6) is 0 Å². The van der Waals surface area contributed by atoms with Crippen LogP contribution in [0.1, 0.15) is 22.5 Å². The number of hydrogen-bond acceptors (Lipinski definition) is 6. The number of benzene rings is 1. The molecule has 1 aliphatic rings. The molecule has 2 aromatic heterocycles. The molecule has 3 heterocycles. The SMILES string of the molecule is O=C(CN1CCCN(C(=O)c2csc(-c3ccncc3)n2)CC1)NCCc1ccccc1. The van der Waals surface area contributed by atoms with Crippen LogP contribution < -0.4 is 5.32 Å². The smallest absolute Gasteiger partial charge is 0.273 e. The second-order valence-electron chi connectivity index (χ2n) is 7.78. The fourth-order valence-corrected chi connectivity index (χ4v) is 4.54. The molecule has 1 fully saturated rings. The van der Waals surface area contributed by atoms with Gasteiger partial charge >= 0.3 is 0 Å². The highest BCUT2D eigenvalue weighted by Crippen LogP contribution is 2.23.